The average Bonchev–Trinajstić information content (AvgIpc) is 3.44. The highest BCUT2D eigenvalue weighted by molar-refractivity contribution is 6.07. The molecule has 0 aromatic heterocycles. The minimum absolute atomic E-state index is 0.0744. The fourth-order valence-corrected chi connectivity index (χ4v) is 7.98. The van der Waals surface area contributed by atoms with Gasteiger partial charge in [0.2, 0.25) is 5.91 Å². The Kier molecular flexibility index (Phi) is 3.26. The summed E-state index contributed by atoms with van der Waals surface area (Å²) in [5, 5.41) is 13.2. The molecule has 1 amide bonds. The van der Waals surface area contributed by atoms with Gasteiger partial charge < -0.3 is 9.84 Å². The van der Waals surface area contributed by atoms with E-state index in [1.165, 1.54) is 19.3 Å². The first-order chi connectivity index (χ1) is 14.2. The monoisotopic (exact) mass is 389 g/mol. The van der Waals surface area contributed by atoms with Gasteiger partial charge in [-0.05, 0) is 42.6 Å². The fraction of sp³-hybridized carbons (Fsp3) is 0.560. The molecule has 29 heavy (non-hydrogen) atoms. The molecule has 150 valence electrons. The van der Waals surface area contributed by atoms with Gasteiger partial charge in [0, 0.05) is 17.2 Å². The normalized spacial score (nSPS) is 43.1. The maximum absolute atomic E-state index is 14.0. The first kappa shape index (κ1) is 16.8. The Balaban J connectivity index is 1.47. The number of fused-ring (bicyclic) bond motifs is 3. The molecule has 1 N–H and O–H groups in total. The SMILES string of the molecule is O=C1C2C3CC4C(OC(C5CCCCC5)(C42)N1c1cccc2ccccc12)C3O. The maximum Gasteiger partial charge on any atom is 0.233 e. The van der Waals surface area contributed by atoms with Gasteiger partial charge in [0.1, 0.15) is 0 Å². The van der Waals surface area contributed by atoms with Gasteiger partial charge in [-0.3, -0.25) is 9.69 Å². The molecule has 2 bridgehead atoms. The van der Waals surface area contributed by atoms with Crippen LogP contribution >= 0.6 is 0 Å². The molecule has 5 aliphatic rings. The van der Waals surface area contributed by atoms with Crippen LogP contribution in [0.1, 0.15) is 38.5 Å². The first-order valence-corrected chi connectivity index (χ1v) is 11.4. The fourth-order valence-electron chi connectivity index (χ4n) is 7.98. The minimum atomic E-state index is -0.562. The molecule has 7 rings (SSSR count). The van der Waals surface area contributed by atoms with Crippen molar-refractivity contribution in [3.05, 3.63) is 42.5 Å². The van der Waals surface area contributed by atoms with Crippen LogP contribution in [0.25, 0.3) is 10.8 Å². The van der Waals surface area contributed by atoms with Gasteiger partial charge in [0.15, 0.2) is 5.72 Å². The van der Waals surface area contributed by atoms with Gasteiger partial charge in [-0.2, -0.15) is 0 Å². The Hall–Kier alpha value is -1.91. The van der Waals surface area contributed by atoms with Crippen LogP contribution in [-0.4, -0.2) is 28.9 Å². The second-order valence-electron chi connectivity index (χ2n) is 9.95. The summed E-state index contributed by atoms with van der Waals surface area (Å²) in [5.74, 6) is 1.15. The van der Waals surface area contributed by atoms with Crippen LogP contribution in [0.5, 0.6) is 0 Å². The Morgan fingerprint density at radius 1 is 1.00 bits per heavy atom. The van der Waals surface area contributed by atoms with E-state index < -0.39 is 11.8 Å². The number of carbonyl (C=O) groups is 1. The highest BCUT2D eigenvalue weighted by Gasteiger charge is 2.79. The average molecular weight is 389 g/mol. The predicted molar refractivity (Wildman–Crippen MR) is 110 cm³/mol. The number of ether oxygens (including phenoxy) is 1. The number of hydrogen-bond acceptors (Lipinski definition) is 3. The molecule has 3 saturated carbocycles. The summed E-state index contributed by atoms with van der Waals surface area (Å²) in [7, 11) is 0. The van der Waals surface area contributed by atoms with Crippen LogP contribution in [0.15, 0.2) is 42.5 Å². The van der Waals surface area contributed by atoms with E-state index in [0.29, 0.717) is 11.8 Å². The number of nitrogens with zero attached hydrogens (tertiary/aromatic N) is 1. The number of amides is 1. The van der Waals surface area contributed by atoms with Crippen LogP contribution in [0, 0.1) is 29.6 Å². The minimum Gasteiger partial charge on any atom is -0.390 e. The van der Waals surface area contributed by atoms with Crippen LogP contribution < -0.4 is 4.90 Å². The second-order valence-corrected chi connectivity index (χ2v) is 9.95. The van der Waals surface area contributed by atoms with Crippen molar-refractivity contribution in [2.24, 2.45) is 29.6 Å². The number of aliphatic hydroxyl groups is 1. The van der Waals surface area contributed by atoms with Gasteiger partial charge in [-0.15, -0.1) is 0 Å². The molecule has 0 radical (unpaired) electrons. The highest BCUT2D eigenvalue weighted by atomic mass is 16.6. The Morgan fingerprint density at radius 3 is 2.66 bits per heavy atom. The lowest BCUT2D eigenvalue weighted by Crippen LogP contribution is -2.56. The quantitative estimate of drug-likeness (QED) is 0.841. The summed E-state index contributed by atoms with van der Waals surface area (Å²) in [4.78, 5) is 16.1. The van der Waals surface area contributed by atoms with Gasteiger partial charge >= 0.3 is 0 Å². The zero-order valence-electron chi connectivity index (χ0n) is 16.5. The summed E-state index contributed by atoms with van der Waals surface area (Å²) in [6, 6.07) is 14.6. The van der Waals surface area contributed by atoms with E-state index in [0.717, 1.165) is 35.7 Å². The predicted octanol–water partition coefficient (Wildman–Crippen LogP) is 4.10. The zero-order chi connectivity index (χ0) is 19.3. The van der Waals surface area contributed by atoms with Gasteiger partial charge in [-0.25, -0.2) is 0 Å². The molecule has 2 aromatic carbocycles. The summed E-state index contributed by atoms with van der Waals surface area (Å²) in [6.45, 7) is 0. The molecule has 2 saturated heterocycles. The lowest BCUT2D eigenvalue weighted by Gasteiger charge is -2.46. The largest absolute Gasteiger partial charge is 0.390 e. The lowest BCUT2D eigenvalue weighted by atomic mass is 9.70. The second kappa shape index (κ2) is 5.61. The smallest absolute Gasteiger partial charge is 0.233 e. The van der Waals surface area contributed by atoms with E-state index in [2.05, 4.69) is 47.4 Å². The van der Waals surface area contributed by atoms with Crippen molar-refractivity contribution in [3.63, 3.8) is 0 Å². The van der Waals surface area contributed by atoms with Gasteiger partial charge in [0.25, 0.3) is 0 Å². The third-order valence-electron chi connectivity index (χ3n) is 8.91. The van der Waals surface area contributed by atoms with E-state index in [4.69, 9.17) is 4.74 Å². The van der Waals surface area contributed by atoms with E-state index in [9.17, 15) is 9.90 Å². The molecule has 0 spiro atoms. The van der Waals surface area contributed by atoms with Crippen molar-refractivity contribution in [1.29, 1.82) is 0 Å². The van der Waals surface area contributed by atoms with Crippen molar-refractivity contribution in [2.45, 2.75) is 56.5 Å². The molecule has 5 fully saturated rings. The Labute approximate surface area is 170 Å². The van der Waals surface area contributed by atoms with E-state index in [1.807, 2.05) is 0 Å². The molecule has 2 aliphatic heterocycles. The Bertz CT molecular complexity index is 1010. The van der Waals surface area contributed by atoms with E-state index in [-0.39, 0.29) is 29.8 Å². The van der Waals surface area contributed by atoms with Gasteiger partial charge in [0.05, 0.1) is 23.8 Å². The van der Waals surface area contributed by atoms with Crippen molar-refractivity contribution in [3.8, 4) is 0 Å². The highest BCUT2D eigenvalue weighted by Crippen LogP contribution is 2.70. The third-order valence-corrected chi connectivity index (χ3v) is 8.91. The number of carbonyl (C=O) groups excluding carboxylic acids is 1. The van der Waals surface area contributed by atoms with Crippen LogP contribution in [0.4, 0.5) is 5.69 Å². The molecule has 2 heterocycles. The number of aliphatic hydroxyl groups excluding tert-OH is 1. The van der Waals surface area contributed by atoms with Crippen LogP contribution in [-0.2, 0) is 9.53 Å². The maximum atomic E-state index is 14.0. The number of rotatable bonds is 2. The van der Waals surface area contributed by atoms with Crippen LogP contribution in [0.2, 0.25) is 0 Å². The summed E-state index contributed by atoms with van der Waals surface area (Å²) < 4.78 is 6.91. The topological polar surface area (TPSA) is 49.8 Å². The molecule has 4 nitrogen and oxygen atoms in total. The molecular formula is C25H27NO3. The molecular weight excluding hydrogens is 362 g/mol. The molecule has 4 heteroatoms. The van der Waals surface area contributed by atoms with Crippen molar-refractivity contribution >= 4 is 22.4 Å². The number of anilines is 1. The lowest BCUT2D eigenvalue weighted by molar-refractivity contribution is -0.140. The summed E-state index contributed by atoms with van der Waals surface area (Å²) in [6.07, 6.45) is 6.36. The zero-order valence-corrected chi connectivity index (χ0v) is 16.5. The van der Waals surface area contributed by atoms with E-state index >= 15 is 0 Å². The number of hydrogen-bond donors (Lipinski definition) is 1. The van der Waals surface area contributed by atoms with Crippen LogP contribution in [0.3, 0.4) is 0 Å². The molecule has 3 aliphatic carbocycles. The molecule has 2 aromatic rings. The standard InChI is InChI=1S/C25H27NO3/c27-22-17-13-18-21-20(17)24(28)26(19-12-6-8-14-7-4-5-11-16(14)19)25(21,29-23(18)22)15-9-2-1-3-10-15/h4-8,11-12,15,17-18,20-23,27H,1-3,9-10,13H2. The summed E-state index contributed by atoms with van der Waals surface area (Å²) >= 11 is 0. The molecule has 7 unspecified atom stereocenters. The summed E-state index contributed by atoms with van der Waals surface area (Å²) in [5.41, 5.74) is 0.441. The van der Waals surface area contributed by atoms with Crippen molar-refractivity contribution in [2.75, 3.05) is 4.90 Å². The first-order valence-electron chi connectivity index (χ1n) is 11.4. The number of benzene rings is 2. The Morgan fingerprint density at radius 2 is 1.79 bits per heavy atom. The third kappa shape index (κ3) is 1.87. The van der Waals surface area contributed by atoms with Gasteiger partial charge in [-0.1, -0.05) is 55.7 Å². The molecule has 7 atom stereocenters. The van der Waals surface area contributed by atoms with E-state index in [1.54, 1.807) is 0 Å². The van der Waals surface area contributed by atoms with Crippen molar-refractivity contribution < 1.29 is 14.6 Å². The van der Waals surface area contributed by atoms with Crippen molar-refractivity contribution in [1.82, 2.24) is 0 Å².